The van der Waals surface area contributed by atoms with Crippen LogP contribution in [0.3, 0.4) is 0 Å². The highest BCUT2D eigenvalue weighted by molar-refractivity contribution is 5.70. The maximum atomic E-state index is 12.9. The van der Waals surface area contributed by atoms with Crippen molar-refractivity contribution in [2.45, 2.75) is 19.6 Å². The molecule has 0 atom stereocenters. The lowest BCUT2D eigenvalue weighted by Gasteiger charge is -2.10. The zero-order chi connectivity index (χ0) is 19.6. The number of benzene rings is 1. The fourth-order valence-corrected chi connectivity index (χ4v) is 2.58. The van der Waals surface area contributed by atoms with Crippen LogP contribution < -0.4 is 9.47 Å². The Labute approximate surface area is 152 Å². The number of alkyl halides is 3. The Hall–Kier alpha value is -3.17. The number of methoxy groups -OCH3 is 2. The molecule has 142 valence electrons. The summed E-state index contributed by atoms with van der Waals surface area (Å²) < 4.78 is 50.7. The lowest BCUT2D eigenvalue weighted by Crippen LogP contribution is -2.14. The van der Waals surface area contributed by atoms with Gasteiger partial charge in [0.2, 0.25) is 0 Å². The number of nitrogens with zero attached hydrogens (tertiary/aromatic N) is 5. The highest BCUT2D eigenvalue weighted by Crippen LogP contribution is 2.36. The quantitative estimate of drug-likeness (QED) is 0.678. The molecule has 0 unspecified atom stereocenters. The van der Waals surface area contributed by atoms with Crippen LogP contribution in [-0.2, 0) is 12.7 Å². The molecule has 0 fully saturated rings. The molecule has 0 amide bonds. The van der Waals surface area contributed by atoms with Gasteiger partial charge in [-0.25, -0.2) is 14.6 Å². The first kappa shape index (κ1) is 18.6. The summed E-state index contributed by atoms with van der Waals surface area (Å²) in [6, 6.07) is 6.19. The van der Waals surface area contributed by atoms with E-state index in [2.05, 4.69) is 20.3 Å². The maximum Gasteiger partial charge on any atom is 0.433 e. The fourth-order valence-electron chi connectivity index (χ4n) is 2.58. The van der Waals surface area contributed by atoms with Crippen LogP contribution in [0, 0.1) is 6.92 Å². The van der Waals surface area contributed by atoms with Crippen molar-refractivity contribution in [2.75, 3.05) is 14.2 Å². The molecule has 0 bridgehead atoms. The van der Waals surface area contributed by atoms with E-state index in [4.69, 9.17) is 9.47 Å². The Morgan fingerprint density at radius 2 is 1.89 bits per heavy atom. The van der Waals surface area contributed by atoms with Crippen molar-refractivity contribution in [3.8, 4) is 22.8 Å². The van der Waals surface area contributed by atoms with Crippen LogP contribution in [0.2, 0.25) is 0 Å². The van der Waals surface area contributed by atoms with Gasteiger partial charge < -0.3 is 9.47 Å². The van der Waals surface area contributed by atoms with E-state index in [0.29, 0.717) is 22.8 Å². The Morgan fingerprint density at radius 1 is 1.11 bits per heavy atom. The van der Waals surface area contributed by atoms with Crippen LogP contribution in [0.1, 0.15) is 17.2 Å². The number of aromatic nitrogens is 5. The second-order valence-corrected chi connectivity index (χ2v) is 5.65. The Kier molecular flexibility index (Phi) is 4.98. The molecule has 0 saturated carbocycles. The van der Waals surface area contributed by atoms with Crippen molar-refractivity contribution in [1.82, 2.24) is 25.0 Å². The van der Waals surface area contributed by atoms with Crippen molar-refractivity contribution in [2.24, 2.45) is 0 Å². The minimum absolute atomic E-state index is 0.00335. The minimum Gasteiger partial charge on any atom is -0.493 e. The van der Waals surface area contributed by atoms with Crippen LogP contribution >= 0.6 is 0 Å². The molecule has 3 rings (SSSR count). The molecule has 0 aliphatic heterocycles. The van der Waals surface area contributed by atoms with Gasteiger partial charge in [-0.2, -0.15) is 13.2 Å². The summed E-state index contributed by atoms with van der Waals surface area (Å²) in [6.07, 6.45) is -2.96. The molecule has 10 heteroatoms. The smallest absolute Gasteiger partial charge is 0.433 e. The Balaban J connectivity index is 1.91. The number of para-hydroxylation sites is 1. The van der Waals surface area contributed by atoms with Gasteiger partial charge in [-0.3, -0.25) is 0 Å². The molecule has 0 spiro atoms. The van der Waals surface area contributed by atoms with E-state index in [-0.39, 0.29) is 18.1 Å². The van der Waals surface area contributed by atoms with E-state index in [0.717, 1.165) is 6.07 Å². The predicted octanol–water partition coefficient (Wildman–Crippen LogP) is 3.13. The molecular weight excluding hydrogens is 363 g/mol. The topological polar surface area (TPSA) is 75.0 Å². The van der Waals surface area contributed by atoms with E-state index in [1.165, 1.54) is 25.8 Å². The molecule has 0 N–H and O–H groups in total. The molecule has 2 heterocycles. The molecule has 0 saturated heterocycles. The van der Waals surface area contributed by atoms with E-state index in [9.17, 15) is 13.2 Å². The van der Waals surface area contributed by atoms with Gasteiger partial charge in [0.05, 0.1) is 20.4 Å². The molecule has 7 nitrogen and oxygen atoms in total. The summed E-state index contributed by atoms with van der Waals surface area (Å²) in [5, 5.41) is 8.01. The average molecular weight is 379 g/mol. The third-order valence-corrected chi connectivity index (χ3v) is 3.71. The minimum atomic E-state index is -4.54. The van der Waals surface area contributed by atoms with Crippen LogP contribution in [0.25, 0.3) is 11.3 Å². The first-order valence-electron chi connectivity index (χ1n) is 7.85. The number of aryl methyl sites for hydroxylation is 1. The predicted molar refractivity (Wildman–Crippen MR) is 89.4 cm³/mol. The number of ether oxygens (including phenoxy) is 2. The van der Waals surface area contributed by atoms with Gasteiger partial charge in [0.15, 0.2) is 17.3 Å². The number of hydrogen-bond donors (Lipinski definition) is 0. The van der Waals surface area contributed by atoms with Crippen LogP contribution in [0.4, 0.5) is 13.2 Å². The SMILES string of the molecule is COc1cccc(-c2cn(Cc3nc(C)cc(C(F)(F)F)n3)nn2)c1OC. The molecule has 3 aromatic rings. The molecule has 0 radical (unpaired) electrons. The van der Waals surface area contributed by atoms with Gasteiger partial charge in [0.1, 0.15) is 17.9 Å². The second kappa shape index (κ2) is 7.22. The summed E-state index contributed by atoms with van der Waals surface area (Å²) in [7, 11) is 3.02. The lowest BCUT2D eigenvalue weighted by atomic mass is 10.1. The van der Waals surface area contributed by atoms with Crippen molar-refractivity contribution in [1.29, 1.82) is 0 Å². The lowest BCUT2D eigenvalue weighted by molar-refractivity contribution is -0.141. The van der Waals surface area contributed by atoms with Gasteiger partial charge in [-0.1, -0.05) is 11.3 Å². The highest BCUT2D eigenvalue weighted by atomic mass is 19.4. The first-order chi connectivity index (χ1) is 12.8. The Bertz CT molecular complexity index is 956. The summed E-state index contributed by atoms with van der Waals surface area (Å²) in [6.45, 7) is 1.43. The molecule has 2 aromatic heterocycles. The largest absolute Gasteiger partial charge is 0.493 e. The normalized spacial score (nSPS) is 11.5. The van der Waals surface area contributed by atoms with Gasteiger partial charge in [0.25, 0.3) is 0 Å². The van der Waals surface area contributed by atoms with Gasteiger partial charge in [-0.15, -0.1) is 5.10 Å². The molecule has 27 heavy (non-hydrogen) atoms. The average Bonchev–Trinajstić information content (AvgIpc) is 3.07. The zero-order valence-corrected chi connectivity index (χ0v) is 14.8. The van der Waals surface area contributed by atoms with Crippen LogP contribution in [0.5, 0.6) is 11.5 Å². The first-order valence-corrected chi connectivity index (χ1v) is 7.85. The Morgan fingerprint density at radius 3 is 2.56 bits per heavy atom. The fraction of sp³-hybridized carbons (Fsp3) is 0.294. The molecule has 1 aromatic carbocycles. The summed E-state index contributed by atoms with van der Waals surface area (Å²) in [4.78, 5) is 7.62. The van der Waals surface area contributed by atoms with Crippen molar-refractivity contribution in [3.05, 3.63) is 47.7 Å². The second-order valence-electron chi connectivity index (χ2n) is 5.65. The summed E-state index contributed by atoms with van der Waals surface area (Å²) >= 11 is 0. The summed E-state index contributed by atoms with van der Waals surface area (Å²) in [5.41, 5.74) is 0.362. The van der Waals surface area contributed by atoms with Crippen molar-refractivity contribution < 1.29 is 22.6 Å². The highest BCUT2D eigenvalue weighted by Gasteiger charge is 2.33. The van der Waals surface area contributed by atoms with Gasteiger partial charge in [0, 0.05) is 11.3 Å². The molecular formula is C17H16F3N5O2. The van der Waals surface area contributed by atoms with Gasteiger partial charge in [-0.05, 0) is 25.1 Å². The van der Waals surface area contributed by atoms with Crippen molar-refractivity contribution in [3.63, 3.8) is 0 Å². The van der Waals surface area contributed by atoms with E-state index < -0.39 is 11.9 Å². The van der Waals surface area contributed by atoms with E-state index >= 15 is 0 Å². The van der Waals surface area contributed by atoms with E-state index in [1.807, 2.05) is 0 Å². The molecule has 0 aliphatic carbocycles. The monoisotopic (exact) mass is 379 g/mol. The van der Waals surface area contributed by atoms with E-state index in [1.54, 1.807) is 24.4 Å². The summed E-state index contributed by atoms with van der Waals surface area (Å²) in [5.74, 6) is 1.01. The third-order valence-electron chi connectivity index (χ3n) is 3.71. The number of rotatable bonds is 5. The maximum absolute atomic E-state index is 12.9. The van der Waals surface area contributed by atoms with Crippen LogP contribution in [0.15, 0.2) is 30.5 Å². The number of halogens is 3. The van der Waals surface area contributed by atoms with Crippen LogP contribution in [-0.4, -0.2) is 39.2 Å². The molecule has 0 aliphatic rings. The van der Waals surface area contributed by atoms with Gasteiger partial charge >= 0.3 is 6.18 Å². The van der Waals surface area contributed by atoms with Crippen molar-refractivity contribution >= 4 is 0 Å². The third kappa shape index (κ3) is 3.99. The zero-order valence-electron chi connectivity index (χ0n) is 14.8. The standard InChI is InChI=1S/C17H16F3N5O2/c1-10-7-14(17(18,19)20)22-15(21-10)9-25-8-12(23-24-25)11-5-4-6-13(26-2)16(11)27-3/h4-8H,9H2,1-3H3. The number of hydrogen-bond acceptors (Lipinski definition) is 6.